The average molecular weight is 499 g/mol. The van der Waals surface area contributed by atoms with Crippen LogP contribution in [0.15, 0.2) is 48.8 Å². The Hall–Kier alpha value is -3.07. The first-order chi connectivity index (χ1) is 17.3. The van der Waals surface area contributed by atoms with Crippen molar-refractivity contribution in [2.45, 2.75) is 44.4 Å². The van der Waals surface area contributed by atoms with Crippen LogP contribution < -0.4 is 4.74 Å². The highest BCUT2D eigenvalue weighted by Crippen LogP contribution is 2.58. The predicted molar refractivity (Wildman–Crippen MR) is 129 cm³/mol. The molecule has 4 heterocycles. The normalized spacial score (nSPS) is 20.4. The van der Waals surface area contributed by atoms with Crippen LogP contribution in [0.2, 0.25) is 0 Å². The Morgan fingerprint density at radius 2 is 1.83 bits per heavy atom. The van der Waals surface area contributed by atoms with Gasteiger partial charge in [0.2, 0.25) is 0 Å². The Balaban J connectivity index is 1.07. The topological polar surface area (TPSA) is 50.6 Å². The van der Waals surface area contributed by atoms with E-state index in [0.717, 1.165) is 36.2 Å². The van der Waals surface area contributed by atoms with Gasteiger partial charge in [-0.05, 0) is 68.5 Å². The van der Waals surface area contributed by atoms with Crippen LogP contribution in [-0.2, 0) is 0 Å². The van der Waals surface area contributed by atoms with Crippen molar-refractivity contribution >= 4 is 16.8 Å². The highest BCUT2D eigenvalue weighted by Gasteiger charge is 2.63. The fourth-order valence-electron chi connectivity index (χ4n) is 5.25. The van der Waals surface area contributed by atoms with Gasteiger partial charge in [0, 0.05) is 49.9 Å². The van der Waals surface area contributed by atoms with Crippen LogP contribution in [0.4, 0.5) is 13.2 Å². The number of amides is 1. The van der Waals surface area contributed by atoms with Gasteiger partial charge in [-0.2, -0.15) is 13.2 Å². The average Bonchev–Trinajstić information content (AvgIpc) is 3.50. The van der Waals surface area contributed by atoms with E-state index in [2.05, 4.69) is 4.98 Å². The van der Waals surface area contributed by atoms with Gasteiger partial charge in [0.05, 0.1) is 17.1 Å². The summed E-state index contributed by atoms with van der Waals surface area (Å²) in [6.45, 7) is 3.00. The summed E-state index contributed by atoms with van der Waals surface area (Å²) in [5.41, 5.74) is 0.193. The van der Waals surface area contributed by atoms with E-state index in [9.17, 15) is 18.0 Å². The molecule has 2 saturated heterocycles. The van der Waals surface area contributed by atoms with Crippen LogP contribution >= 0.6 is 0 Å². The lowest BCUT2D eigenvalue weighted by molar-refractivity contribution is -0.192. The largest absolute Gasteiger partial charge is 0.489 e. The zero-order valence-corrected chi connectivity index (χ0v) is 20.0. The minimum Gasteiger partial charge on any atom is -0.489 e. The molecule has 190 valence electrons. The molecule has 0 radical (unpaired) electrons. The summed E-state index contributed by atoms with van der Waals surface area (Å²) in [5, 5.41) is 0.980. The van der Waals surface area contributed by atoms with E-state index in [-0.39, 0.29) is 31.4 Å². The first-order valence-corrected chi connectivity index (χ1v) is 12.6. The summed E-state index contributed by atoms with van der Waals surface area (Å²) in [6.07, 6.45) is 2.48. The number of halogens is 3. The Bertz CT molecular complexity index is 1250. The van der Waals surface area contributed by atoms with Crippen molar-refractivity contribution in [3.05, 3.63) is 54.4 Å². The highest BCUT2D eigenvalue weighted by molar-refractivity contribution is 5.98. The van der Waals surface area contributed by atoms with Crippen molar-refractivity contribution in [3.8, 4) is 11.6 Å². The lowest BCUT2D eigenvalue weighted by Crippen LogP contribution is -2.44. The maximum atomic E-state index is 13.3. The number of carbonyl (C=O) groups excluding carboxylic acids is 1. The minimum absolute atomic E-state index is 0.0234. The molecule has 0 unspecified atom stereocenters. The van der Waals surface area contributed by atoms with E-state index >= 15 is 0 Å². The van der Waals surface area contributed by atoms with Crippen molar-refractivity contribution in [1.82, 2.24) is 19.4 Å². The molecule has 9 heteroatoms. The Labute approximate surface area is 207 Å². The van der Waals surface area contributed by atoms with Crippen molar-refractivity contribution in [1.29, 1.82) is 0 Å². The fourth-order valence-corrected chi connectivity index (χ4v) is 5.25. The number of carbonyl (C=O) groups is 1. The van der Waals surface area contributed by atoms with Crippen molar-refractivity contribution < 1.29 is 22.7 Å². The van der Waals surface area contributed by atoms with Gasteiger partial charge in [0.15, 0.2) is 0 Å². The number of hydrogen-bond acceptors (Lipinski definition) is 4. The third-order valence-electron chi connectivity index (χ3n) is 7.87. The second-order valence-corrected chi connectivity index (χ2v) is 10.3. The van der Waals surface area contributed by atoms with Crippen molar-refractivity contribution in [2.24, 2.45) is 5.41 Å². The molecule has 1 saturated carbocycles. The molecule has 6 nitrogen and oxygen atoms in total. The summed E-state index contributed by atoms with van der Waals surface area (Å²) in [6, 6.07) is 11.5. The van der Waals surface area contributed by atoms with Crippen molar-refractivity contribution in [3.63, 3.8) is 0 Å². The Kier molecular flexibility index (Phi) is 5.70. The number of alkyl halides is 3. The molecule has 3 aliphatic rings. The van der Waals surface area contributed by atoms with E-state index in [4.69, 9.17) is 4.74 Å². The number of ether oxygens (including phenoxy) is 1. The van der Waals surface area contributed by atoms with Crippen LogP contribution in [0.1, 0.15) is 42.5 Å². The number of fused-ring (bicyclic) bond motifs is 1. The third kappa shape index (κ3) is 4.34. The van der Waals surface area contributed by atoms with Crippen LogP contribution in [0, 0.1) is 5.41 Å². The lowest BCUT2D eigenvalue weighted by Gasteiger charge is -2.35. The molecular formula is C27H29F3N4O2. The highest BCUT2D eigenvalue weighted by atomic mass is 19.4. The molecule has 3 aromatic rings. The number of benzene rings is 1. The second kappa shape index (κ2) is 8.80. The number of piperidine rings is 1. The maximum absolute atomic E-state index is 13.3. The van der Waals surface area contributed by atoms with Crippen LogP contribution in [0.25, 0.3) is 16.7 Å². The quantitative estimate of drug-likeness (QED) is 0.477. The molecule has 1 aromatic carbocycles. The van der Waals surface area contributed by atoms with Gasteiger partial charge in [0.25, 0.3) is 5.91 Å². The molecule has 6 rings (SSSR count). The van der Waals surface area contributed by atoms with E-state index in [1.807, 2.05) is 57.0 Å². The zero-order valence-electron chi connectivity index (χ0n) is 20.0. The van der Waals surface area contributed by atoms with Gasteiger partial charge in [0.1, 0.15) is 17.7 Å². The van der Waals surface area contributed by atoms with E-state index < -0.39 is 11.6 Å². The maximum Gasteiger partial charge on any atom is 0.395 e. The molecule has 0 N–H and O–H groups in total. The third-order valence-corrected chi connectivity index (χ3v) is 7.87. The van der Waals surface area contributed by atoms with E-state index in [0.29, 0.717) is 37.2 Å². The van der Waals surface area contributed by atoms with Crippen LogP contribution in [-0.4, -0.2) is 70.3 Å². The van der Waals surface area contributed by atoms with Crippen LogP contribution in [0.3, 0.4) is 0 Å². The number of aromatic nitrogens is 2. The van der Waals surface area contributed by atoms with Gasteiger partial charge in [-0.1, -0.05) is 0 Å². The molecule has 36 heavy (non-hydrogen) atoms. The molecule has 3 fully saturated rings. The van der Waals surface area contributed by atoms with Gasteiger partial charge < -0.3 is 19.1 Å². The fraction of sp³-hybridized carbons (Fsp3) is 0.481. The molecule has 2 aromatic heterocycles. The monoisotopic (exact) mass is 498 g/mol. The van der Waals surface area contributed by atoms with E-state index in [1.54, 1.807) is 6.20 Å². The number of hydrogen-bond donors (Lipinski definition) is 0. The lowest BCUT2D eigenvalue weighted by atomic mass is 10.0. The van der Waals surface area contributed by atoms with Crippen LogP contribution in [0.5, 0.6) is 5.75 Å². The smallest absolute Gasteiger partial charge is 0.395 e. The van der Waals surface area contributed by atoms with E-state index in [1.165, 1.54) is 0 Å². The number of rotatable bonds is 6. The first-order valence-electron chi connectivity index (χ1n) is 12.6. The molecule has 1 amide bonds. The zero-order chi connectivity index (χ0) is 24.9. The number of nitrogens with zero attached hydrogens (tertiary/aromatic N) is 4. The first kappa shape index (κ1) is 23.3. The summed E-state index contributed by atoms with van der Waals surface area (Å²) in [7, 11) is 0. The second-order valence-electron chi connectivity index (χ2n) is 10.3. The van der Waals surface area contributed by atoms with Crippen molar-refractivity contribution in [2.75, 3.05) is 32.7 Å². The summed E-state index contributed by atoms with van der Waals surface area (Å²) >= 11 is 0. The Morgan fingerprint density at radius 1 is 1.06 bits per heavy atom. The standard InChI is InChI=1S/C27H29F3N4O2/c28-27(29,30)26(9-10-26)18-32-13-7-21(8-14-32)36-22-3-5-24(31-17-22)34-15-6-19-16-20(2-4-23(19)34)25(35)33-11-1-12-33/h2-6,15-17,21H,1,7-14,18H2. The molecule has 0 atom stereocenters. The predicted octanol–water partition coefficient (Wildman–Crippen LogP) is 5.06. The number of likely N-dealkylation sites (tertiary alicyclic amines) is 2. The summed E-state index contributed by atoms with van der Waals surface area (Å²) < 4.78 is 47.8. The molecule has 0 spiro atoms. The Morgan fingerprint density at radius 3 is 2.44 bits per heavy atom. The summed E-state index contributed by atoms with van der Waals surface area (Å²) in [4.78, 5) is 20.9. The van der Waals surface area contributed by atoms with Gasteiger partial charge in [-0.3, -0.25) is 4.79 Å². The van der Waals surface area contributed by atoms with Gasteiger partial charge in [-0.25, -0.2) is 4.98 Å². The molecule has 0 bridgehead atoms. The minimum atomic E-state index is -4.10. The molecule has 1 aliphatic carbocycles. The summed E-state index contributed by atoms with van der Waals surface area (Å²) in [5.74, 6) is 1.48. The van der Waals surface area contributed by atoms with Gasteiger partial charge >= 0.3 is 6.18 Å². The molecule has 2 aliphatic heterocycles. The SMILES string of the molecule is O=C(c1ccc2c(ccn2-c2ccc(OC3CCN(CC4(C(F)(F)F)CC4)CC3)cn2)c1)N1CCC1. The molecular weight excluding hydrogens is 469 g/mol. The number of pyridine rings is 1. The van der Waals surface area contributed by atoms with Gasteiger partial charge in [-0.15, -0.1) is 0 Å².